The summed E-state index contributed by atoms with van der Waals surface area (Å²) in [7, 11) is 0. The number of hydrogen-bond donors (Lipinski definition) is 2. The van der Waals surface area contributed by atoms with Gasteiger partial charge in [-0.1, -0.05) is 0 Å². The van der Waals surface area contributed by atoms with Gasteiger partial charge in [0.15, 0.2) is 0 Å². The molecule has 0 saturated heterocycles. The van der Waals surface area contributed by atoms with Crippen LogP contribution in [0.3, 0.4) is 0 Å². The average Bonchev–Trinajstić information content (AvgIpc) is 2.69. The molecule has 0 radical (unpaired) electrons. The Labute approximate surface area is 115 Å². The van der Waals surface area contributed by atoms with Gasteiger partial charge in [-0.2, -0.15) is 0 Å². The Morgan fingerprint density at radius 1 is 1.17 bits per heavy atom. The number of hydrogen-bond acceptors (Lipinski definition) is 3. The van der Waals surface area contributed by atoms with Gasteiger partial charge in [-0.3, -0.25) is 0 Å². The Hall–Kier alpha value is -0.380. The van der Waals surface area contributed by atoms with Crippen LogP contribution < -0.4 is 10.6 Å². The molecule has 0 atom stereocenters. The van der Waals surface area contributed by atoms with Gasteiger partial charge >= 0.3 is 0 Å². The SMILES string of the molecule is CC(C)(C)NCCNCc1cc2c(s1)CCCC2. The fourth-order valence-electron chi connectivity index (χ4n) is 2.38. The van der Waals surface area contributed by atoms with Gasteiger partial charge in [0.05, 0.1) is 0 Å². The molecule has 3 heteroatoms. The Kier molecular flexibility index (Phi) is 4.82. The van der Waals surface area contributed by atoms with E-state index in [4.69, 9.17) is 0 Å². The second kappa shape index (κ2) is 6.18. The smallest absolute Gasteiger partial charge is 0.0300 e. The Morgan fingerprint density at radius 3 is 2.67 bits per heavy atom. The van der Waals surface area contributed by atoms with E-state index in [0.717, 1.165) is 19.6 Å². The van der Waals surface area contributed by atoms with Crippen molar-refractivity contribution < 1.29 is 0 Å². The molecule has 0 aromatic carbocycles. The summed E-state index contributed by atoms with van der Waals surface area (Å²) in [6, 6.07) is 2.42. The van der Waals surface area contributed by atoms with Crippen molar-refractivity contribution in [2.75, 3.05) is 13.1 Å². The standard InChI is InChI=1S/C15H26N2S/c1-15(2,3)17-9-8-16-11-13-10-12-6-4-5-7-14(12)18-13/h10,16-17H,4-9,11H2,1-3H3. The van der Waals surface area contributed by atoms with E-state index < -0.39 is 0 Å². The van der Waals surface area contributed by atoms with Gasteiger partial charge in [0, 0.05) is 34.9 Å². The quantitative estimate of drug-likeness (QED) is 0.800. The van der Waals surface area contributed by atoms with Crippen molar-refractivity contribution in [1.82, 2.24) is 10.6 Å². The molecule has 0 spiro atoms. The number of thiophene rings is 1. The van der Waals surface area contributed by atoms with Crippen LogP contribution >= 0.6 is 11.3 Å². The van der Waals surface area contributed by atoms with Gasteiger partial charge in [-0.15, -0.1) is 11.3 Å². The highest BCUT2D eigenvalue weighted by Crippen LogP contribution is 2.29. The van der Waals surface area contributed by atoms with Gasteiger partial charge in [0.25, 0.3) is 0 Å². The maximum absolute atomic E-state index is 3.53. The minimum atomic E-state index is 0.226. The van der Waals surface area contributed by atoms with Gasteiger partial charge in [0.1, 0.15) is 0 Å². The molecular formula is C15H26N2S. The van der Waals surface area contributed by atoms with Crippen molar-refractivity contribution in [3.05, 3.63) is 21.4 Å². The molecule has 1 aromatic rings. The van der Waals surface area contributed by atoms with Gasteiger partial charge in [-0.05, 0) is 58.1 Å². The Bertz CT molecular complexity index is 353. The predicted molar refractivity (Wildman–Crippen MR) is 80.4 cm³/mol. The summed E-state index contributed by atoms with van der Waals surface area (Å²) in [5, 5.41) is 7.03. The first kappa shape index (κ1) is 14.0. The molecule has 2 N–H and O–H groups in total. The van der Waals surface area contributed by atoms with Crippen molar-refractivity contribution in [3.63, 3.8) is 0 Å². The zero-order valence-electron chi connectivity index (χ0n) is 11.9. The maximum atomic E-state index is 3.53. The van der Waals surface area contributed by atoms with Crippen molar-refractivity contribution in [2.45, 2.75) is 58.5 Å². The van der Waals surface area contributed by atoms with Crippen LogP contribution in [0.5, 0.6) is 0 Å². The van der Waals surface area contributed by atoms with Crippen molar-refractivity contribution >= 4 is 11.3 Å². The lowest BCUT2D eigenvalue weighted by molar-refractivity contribution is 0.422. The van der Waals surface area contributed by atoms with Crippen molar-refractivity contribution in [1.29, 1.82) is 0 Å². The summed E-state index contributed by atoms with van der Waals surface area (Å²) in [6.45, 7) is 9.73. The van der Waals surface area contributed by atoms with E-state index in [0.29, 0.717) is 0 Å². The average molecular weight is 266 g/mol. The van der Waals surface area contributed by atoms with E-state index in [1.165, 1.54) is 30.6 Å². The molecular weight excluding hydrogens is 240 g/mol. The highest BCUT2D eigenvalue weighted by atomic mass is 32.1. The highest BCUT2D eigenvalue weighted by molar-refractivity contribution is 7.12. The van der Waals surface area contributed by atoms with E-state index in [1.54, 1.807) is 10.4 Å². The van der Waals surface area contributed by atoms with Crippen LogP contribution in [0.15, 0.2) is 6.07 Å². The lowest BCUT2D eigenvalue weighted by Gasteiger charge is -2.20. The summed E-state index contributed by atoms with van der Waals surface area (Å²) in [5.41, 5.74) is 1.85. The third-order valence-electron chi connectivity index (χ3n) is 3.30. The lowest BCUT2D eigenvalue weighted by atomic mass is 9.99. The first-order chi connectivity index (χ1) is 8.54. The van der Waals surface area contributed by atoms with Crippen molar-refractivity contribution in [2.24, 2.45) is 0 Å². The highest BCUT2D eigenvalue weighted by Gasteiger charge is 2.13. The van der Waals surface area contributed by atoms with Gasteiger partial charge in [0.2, 0.25) is 0 Å². The third kappa shape index (κ3) is 4.38. The summed E-state index contributed by atoms with van der Waals surface area (Å²) < 4.78 is 0. The van der Waals surface area contributed by atoms with E-state index in [9.17, 15) is 0 Å². The summed E-state index contributed by atoms with van der Waals surface area (Å²) in [4.78, 5) is 3.16. The van der Waals surface area contributed by atoms with Crippen LogP contribution in [0, 0.1) is 0 Å². The first-order valence-corrected chi connectivity index (χ1v) is 7.92. The molecule has 0 fully saturated rings. The number of aryl methyl sites for hydroxylation is 2. The number of rotatable bonds is 5. The molecule has 0 saturated carbocycles. The van der Waals surface area contributed by atoms with Crippen LogP contribution in [0.1, 0.15) is 48.9 Å². The normalized spacial score (nSPS) is 15.7. The van der Waals surface area contributed by atoms with E-state index >= 15 is 0 Å². The van der Waals surface area contributed by atoms with Crippen LogP contribution in [0.4, 0.5) is 0 Å². The molecule has 1 aliphatic rings. The molecule has 2 nitrogen and oxygen atoms in total. The minimum absolute atomic E-state index is 0.226. The third-order valence-corrected chi connectivity index (χ3v) is 4.54. The number of nitrogens with one attached hydrogen (secondary N) is 2. The molecule has 2 rings (SSSR count). The second-order valence-corrected chi connectivity index (χ2v) is 7.44. The summed E-state index contributed by atoms with van der Waals surface area (Å²) in [5.74, 6) is 0. The van der Waals surface area contributed by atoms with Crippen LogP contribution in [-0.2, 0) is 19.4 Å². The molecule has 1 aliphatic carbocycles. The topological polar surface area (TPSA) is 24.1 Å². The summed E-state index contributed by atoms with van der Waals surface area (Å²) in [6.07, 6.45) is 5.38. The molecule has 102 valence electrons. The van der Waals surface area contributed by atoms with Crippen LogP contribution in [0.25, 0.3) is 0 Å². The molecule has 1 aromatic heterocycles. The van der Waals surface area contributed by atoms with Gasteiger partial charge < -0.3 is 10.6 Å². The van der Waals surface area contributed by atoms with E-state index in [1.807, 2.05) is 11.3 Å². The Balaban J connectivity index is 1.69. The minimum Gasteiger partial charge on any atom is -0.311 e. The van der Waals surface area contributed by atoms with Crippen LogP contribution in [-0.4, -0.2) is 18.6 Å². The molecule has 18 heavy (non-hydrogen) atoms. The second-order valence-electron chi connectivity index (χ2n) is 6.22. The molecule has 1 heterocycles. The molecule has 0 aliphatic heterocycles. The fraction of sp³-hybridized carbons (Fsp3) is 0.733. The summed E-state index contributed by atoms with van der Waals surface area (Å²) >= 11 is 2.02. The van der Waals surface area contributed by atoms with Crippen LogP contribution in [0.2, 0.25) is 0 Å². The van der Waals surface area contributed by atoms with E-state index in [-0.39, 0.29) is 5.54 Å². The largest absolute Gasteiger partial charge is 0.311 e. The maximum Gasteiger partial charge on any atom is 0.0300 e. The lowest BCUT2D eigenvalue weighted by Crippen LogP contribution is -2.40. The van der Waals surface area contributed by atoms with Crippen molar-refractivity contribution in [3.8, 4) is 0 Å². The van der Waals surface area contributed by atoms with E-state index in [2.05, 4.69) is 37.5 Å². The molecule has 0 bridgehead atoms. The molecule has 0 amide bonds. The fourth-order valence-corrected chi connectivity index (χ4v) is 3.61. The first-order valence-electron chi connectivity index (χ1n) is 7.11. The predicted octanol–water partition coefficient (Wildman–Crippen LogP) is 3.10. The number of fused-ring (bicyclic) bond motifs is 1. The molecule has 0 unspecified atom stereocenters. The van der Waals surface area contributed by atoms with Gasteiger partial charge in [-0.25, -0.2) is 0 Å². The zero-order chi connectivity index (χ0) is 13.0. The zero-order valence-corrected chi connectivity index (χ0v) is 12.8. The Morgan fingerprint density at radius 2 is 1.94 bits per heavy atom. The monoisotopic (exact) mass is 266 g/mol.